The number of Topliss-reactive ketones (excluding diaryl/α,β-unsaturated/α-hetero) is 1. The summed E-state index contributed by atoms with van der Waals surface area (Å²) in [6.45, 7) is 4.29. The molecule has 0 saturated carbocycles. The summed E-state index contributed by atoms with van der Waals surface area (Å²) in [6, 6.07) is 15.8. The Hall–Kier alpha value is -2.20. The minimum absolute atomic E-state index is 0.111. The number of hydrogen-bond donors (Lipinski definition) is 0. The Morgan fingerprint density at radius 2 is 1.83 bits per heavy atom. The van der Waals surface area contributed by atoms with E-state index in [0.717, 1.165) is 21.4 Å². The summed E-state index contributed by atoms with van der Waals surface area (Å²) in [4.78, 5) is 12.4. The van der Waals surface area contributed by atoms with Crippen LogP contribution in [0.4, 0.5) is 0 Å². The van der Waals surface area contributed by atoms with Crippen molar-refractivity contribution in [1.82, 2.24) is 10.2 Å². The number of benzene rings is 2. The molecular weight excluding hydrogens is 304 g/mol. The number of fused-ring (bicyclic) bond motifs is 1. The van der Waals surface area contributed by atoms with Crippen LogP contribution in [0.15, 0.2) is 59.8 Å². The molecular formula is C19H18N2OS. The number of rotatable bonds is 5. The lowest BCUT2D eigenvalue weighted by molar-refractivity contribution is 0.102. The topological polar surface area (TPSA) is 42.9 Å². The van der Waals surface area contributed by atoms with Crippen molar-refractivity contribution in [2.24, 2.45) is 0 Å². The molecule has 3 aromatic rings. The van der Waals surface area contributed by atoms with Crippen LogP contribution >= 0.6 is 11.8 Å². The fraction of sp³-hybridized carbons (Fsp3) is 0.211. The van der Waals surface area contributed by atoms with E-state index in [9.17, 15) is 4.79 Å². The van der Waals surface area contributed by atoms with Gasteiger partial charge in [-0.05, 0) is 11.5 Å². The SMILES string of the molecule is CC(C)c1ccc(C(=O)CSc2nncc3ccccc23)cc1. The van der Waals surface area contributed by atoms with Crippen LogP contribution in [0.25, 0.3) is 10.8 Å². The highest BCUT2D eigenvalue weighted by molar-refractivity contribution is 8.00. The average molecular weight is 322 g/mol. The molecule has 3 rings (SSSR count). The lowest BCUT2D eigenvalue weighted by atomic mass is 10.0. The summed E-state index contributed by atoms with van der Waals surface area (Å²) in [6.07, 6.45) is 1.74. The summed E-state index contributed by atoms with van der Waals surface area (Å²) < 4.78 is 0. The van der Waals surface area contributed by atoms with Crippen LogP contribution < -0.4 is 0 Å². The van der Waals surface area contributed by atoms with Gasteiger partial charge in [0.25, 0.3) is 0 Å². The molecule has 0 amide bonds. The molecule has 0 aliphatic rings. The highest BCUT2D eigenvalue weighted by Gasteiger charge is 2.10. The number of ketones is 1. The van der Waals surface area contributed by atoms with Gasteiger partial charge in [-0.2, -0.15) is 5.10 Å². The highest BCUT2D eigenvalue weighted by Crippen LogP contribution is 2.25. The Balaban J connectivity index is 1.73. The van der Waals surface area contributed by atoms with Gasteiger partial charge in [0.2, 0.25) is 0 Å². The smallest absolute Gasteiger partial charge is 0.173 e. The van der Waals surface area contributed by atoms with E-state index in [1.807, 2.05) is 48.5 Å². The molecule has 116 valence electrons. The Morgan fingerprint density at radius 3 is 2.57 bits per heavy atom. The first-order valence-electron chi connectivity index (χ1n) is 7.61. The van der Waals surface area contributed by atoms with Gasteiger partial charge in [0.1, 0.15) is 5.03 Å². The first-order chi connectivity index (χ1) is 11.1. The maximum Gasteiger partial charge on any atom is 0.173 e. The maximum absolute atomic E-state index is 12.4. The summed E-state index contributed by atoms with van der Waals surface area (Å²) in [7, 11) is 0. The van der Waals surface area contributed by atoms with Crippen LogP contribution in [0.1, 0.15) is 35.7 Å². The molecule has 0 saturated heterocycles. The van der Waals surface area contributed by atoms with Crippen LogP contribution in [0, 0.1) is 0 Å². The van der Waals surface area contributed by atoms with Crippen molar-refractivity contribution in [3.05, 3.63) is 65.9 Å². The molecule has 0 aliphatic carbocycles. The lowest BCUT2D eigenvalue weighted by Gasteiger charge is -2.07. The summed E-state index contributed by atoms with van der Waals surface area (Å²) in [5, 5.41) is 11.1. The normalized spacial score (nSPS) is 11.1. The number of thioether (sulfide) groups is 1. The van der Waals surface area contributed by atoms with E-state index in [1.54, 1.807) is 6.20 Å². The second-order valence-electron chi connectivity index (χ2n) is 5.73. The number of nitrogens with zero attached hydrogens (tertiary/aromatic N) is 2. The van der Waals surface area contributed by atoms with E-state index in [-0.39, 0.29) is 5.78 Å². The van der Waals surface area contributed by atoms with E-state index in [2.05, 4.69) is 24.0 Å². The zero-order valence-electron chi connectivity index (χ0n) is 13.2. The van der Waals surface area contributed by atoms with E-state index < -0.39 is 0 Å². The third-order valence-corrected chi connectivity index (χ3v) is 4.76. The fourth-order valence-electron chi connectivity index (χ4n) is 2.38. The van der Waals surface area contributed by atoms with Gasteiger partial charge >= 0.3 is 0 Å². The van der Waals surface area contributed by atoms with Gasteiger partial charge in [-0.3, -0.25) is 4.79 Å². The predicted octanol–water partition coefficient (Wildman–Crippen LogP) is 4.73. The first-order valence-corrected chi connectivity index (χ1v) is 8.60. The molecule has 0 bridgehead atoms. The molecule has 0 N–H and O–H groups in total. The van der Waals surface area contributed by atoms with Crippen LogP contribution in [0.2, 0.25) is 0 Å². The van der Waals surface area contributed by atoms with Crippen molar-refractivity contribution >= 4 is 28.3 Å². The quantitative estimate of drug-likeness (QED) is 0.503. The Morgan fingerprint density at radius 1 is 1.09 bits per heavy atom. The number of carbonyl (C=O) groups excluding carboxylic acids is 1. The van der Waals surface area contributed by atoms with Crippen LogP contribution in [-0.4, -0.2) is 21.7 Å². The molecule has 0 fully saturated rings. The molecule has 0 radical (unpaired) electrons. The lowest BCUT2D eigenvalue weighted by Crippen LogP contribution is -2.03. The Bertz CT molecular complexity index is 823. The van der Waals surface area contributed by atoms with E-state index in [0.29, 0.717) is 11.7 Å². The van der Waals surface area contributed by atoms with Gasteiger partial charge in [0, 0.05) is 16.3 Å². The fourth-order valence-corrected chi connectivity index (χ4v) is 3.26. The van der Waals surface area contributed by atoms with Gasteiger partial charge in [0.15, 0.2) is 5.78 Å². The third kappa shape index (κ3) is 3.59. The van der Waals surface area contributed by atoms with Crippen molar-refractivity contribution in [3.63, 3.8) is 0 Å². The minimum atomic E-state index is 0.111. The molecule has 23 heavy (non-hydrogen) atoms. The van der Waals surface area contributed by atoms with E-state index >= 15 is 0 Å². The van der Waals surface area contributed by atoms with Gasteiger partial charge in [-0.1, -0.05) is 74.1 Å². The Kier molecular flexibility index (Phi) is 4.72. The van der Waals surface area contributed by atoms with E-state index in [4.69, 9.17) is 0 Å². The molecule has 0 spiro atoms. The Labute approximate surface area is 140 Å². The molecule has 1 aromatic heterocycles. The molecule has 2 aromatic carbocycles. The zero-order chi connectivity index (χ0) is 16.2. The van der Waals surface area contributed by atoms with Crippen LogP contribution in [-0.2, 0) is 0 Å². The highest BCUT2D eigenvalue weighted by atomic mass is 32.2. The monoisotopic (exact) mass is 322 g/mol. The number of aromatic nitrogens is 2. The number of carbonyl (C=O) groups is 1. The summed E-state index contributed by atoms with van der Waals surface area (Å²) in [5.74, 6) is 0.948. The maximum atomic E-state index is 12.4. The third-order valence-electron chi connectivity index (χ3n) is 3.78. The van der Waals surface area contributed by atoms with Gasteiger partial charge in [-0.15, -0.1) is 5.10 Å². The van der Waals surface area contributed by atoms with Crippen molar-refractivity contribution in [1.29, 1.82) is 0 Å². The van der Waals surface area contributed by atoms with Gasteiger partial charge in [-0.25, -0.2) is 0 Å². The minimum Gasteiger partial charge on any atom is -0.293 e. The molecule has 3 nitrogen and oxygen atoms in total. The first kappa shape index (κ1) is 15.7. The van der Waals surface area contributed by atoms with Crippen LogP contribution in [0.3, 0.4) is 0 Å². The zero-order valence-corrected chi connectivity index (χ0v) is 14.0. The van der Waals surface area contributed by atoms with Gasteiger partial charge < -0.3 is 0 Å². The van der Waals surface area contributed by atoms with Crippen LogP contribution in [0.5, 0.6) is 0 Å². The predicted molar refractivity (Wildman–Crippen MR) is 95.1 cm³/mol. The number of hydrogen-bond acceptors (Lipinski definition) is 4. The van der Waals surface area contributed by atoms with E-state index in [1.165, 1.54) is 17.3 Å². The molecule has 0 aliphatic heterocycles. The van der Waals surface area contributed by atoms with Crippen molar-refractivity contribution in [2.75, 3.05) is 5.75 Å². The second-order valence-corrected chi connectivity index (χ2v) is 6.69. The second kappa shape index (κ2) is 6.92. The van der Waals surface area contributed by atoms with Crippen molar-refractivity contribution in [3.8, 4) is 0 Å². The molecule has 0 atom stereocenters. The average Bonchev–Trinajstić information content (AvgIpc) is 2.59. The standard InChI is InChI=1S/C19H18N2OS/c1-13(2)14-7-9-15(10-8-14)18(22)12-23-19-17-6-4-3-5-16(17)11-20-21-19/h3-11,13H,12H2,1-2H3. The largest absolute Gasteiger partial charge is 0.293 e. The van der Waals surface area contributed by atoms with Crippen molar-refractivity contribution < 1.29 is 4.79 Å². The molecule has 0 unspecified atom stereocenters. The van der Waals surface area contributed by atoms with Gasteiger partial charge in [0.05, 0.1) is 11.9 Å². The molecule has 1 heterocycles. The summed E-state index contributed by atoms with van der Waals surface area (Å²) in [5.41, 5.74) is 1.99. The summed E-state index contributed by atoms with van der Waals surface area (Å²) >= 11 is 1.44. The van der Waals surface area contributed by atoms with Crippen molar-refractivity contribution in [2.45, 2.75) is 24.8 Å². The molecule has 4 heteroatoms.